The molecule has 0 fully saturated rings. The van der Waals surface area contributed by atoms with Gasteiger partial charge in [0.25, 0.3) is 0 Å². The predicted molar refractivity (Wildman–Crippen MR) is 230 cm³/mol. The number of fused-ring (bicyclic) bond motifs is 7. The maximum Gasteiger partial charge on any atom is 0.0991 e. The van der Waals surface area contributed by atoms with E-state index in [9.17, 15) is 5.26 Å². The summed E-state index contributed by atoms with van der Waals surface area (Å²) < 4.78 is 0. The van der Waals surface area contributed by atoms with E-state index in [2.05, 4.69) is 184 Å². The fourth-order valence-electron chi connectivity index (χ4n) is 9.68. The van der Waals surface area contributed by atoms with Crippen molar-refractivity contribution in [3.63, 3.8) is 0 Å². The van der Waals surface area contributed by atoms with Gasteiger partial charge in [-0.1, -0.05) is 166 Å². The zero-order valence-corrected chi connectivity index (χ0v) is 30.7. The first-order chi connectivity index (χ1) is 27.0. The van der Waals surface area contributed by atoms with Crippen LogP contribution in [0.4, 0.5) is 0 Å². The maximum atomic E-state index is 9.32. The van der Waals surface area contributed by atoms with Gasteiger partial charge >= 0.3 is 0 Å². The van der Waals surface area contributed by atoms with Crippen LogP contribution in [0.25, 0.3) is 99.4 Å². The third kappa shape index (κ3) is 4.52. The Morgan fingerprint density at radius 1 is 0.364 bits per heavy atom. The molecule has 0 bridgehead atoms. The molecule has 9 aromatic carbocycles. The zero-order chi connectivity index (χ0) is 36.8. The largest absolute Gasteiger partial charge is 0.192 e. The minimum absolute atomic E-state index is 0.177. The van der Waals surface area contributed by atoms with Gasteiger partial charge in [0.1, 0.15) is 0 Å². The molecule has 2 aliphatic rings. The van der Waals surface area contributed by atoms with Gasteiger partial charge in [-0.05, 0) is 135 Å². The van der Waals surface area contributed by atoms with Crippen LogP contribution in [0.5, 0.6) is 0 Å². The minimum Gasteiger partial charge on any atom is -0.192 e. The van der Waals surface area contributed by atoms with E-state index in [1.807, 2.05) is 12.1 Å². The lowest BCUT2D eigenvalue weighted by atomic mass is 9.80. The highest BCUT2D eigenvalue weighted by molar-refractivity contribution is 6.28. The van der Waals surface area contributed by atoms with Gasteiger partial charge < -0.3 is 0 Å². The van der Waals surface area contributed by atoms with Crippen molar-refractivity contribution in [3.8, 4) is 84.0 Å². The Morgan fingerprint density at radius 2 is 0.836 bits per heavy atom. The van der Waals surface area contributed by atoms with Gasteiger partial charge in [0, 0.05) is 5.41 Å². The first-order valence-corrected chi connectivity index (χ1v) is 19.1. The van der Waals surface area contributed by atoms with Crippen molar-refractivity contribution in [2.75, 3.05) is 0 Å². The molecule has 256 valence electrons. The summed E-state index contributed by atoms with van der Waals surface area (Å²) in [6.45, 7) is 4.71. The fourth-order valence-corrected chi connectivity index (χ4v) is 9.68. The molecule has 1 nitrogen and oxygen atoms in total. The molecule has 9 aromatic rings. The number of benzene rings is 9. The SMILES string of the molecule is CC1(C)c2cc(-c3ccc(C#N)cc3)ccc2-c2ccc(-c3ccc4c5c(cccc35)-c3c-4c(-c4ccccc4)c4ccccc4c3-c3ccccc3)cc21. The average molecular weight is 698 g/mol. The second-order valence-corrected chi connectivity index (χ2v) is 15.5. The molecule has 0 radical (unpaired) electrons. The van der Waals surface area contributed by atoms with Crippen LogP contribution in [0.2, 0.25) is 0 Å². The zero-order valence-electron chi connectivity index (χ0n) is 30.7. The summed E-state index contributed by atoms with van der Waals surface area (Å²) >= 11 is 0. The first-order valence-electron chi connectivity index (χ1n) is 19.1. The standard InChI is InChI=1S/C54H35N/c1-54(2)47-30-37(34-22-20-33(32-55)21-23-34)24-26-40(47)41-27-25-38(31-48(41)54)39-28-29-46-51-42(39)18-11-19-45(51)52-49(35-12-5-3-6-13-35)43-16-9-10-17-44(43)50(53(46)52)36-14-7-4-8-15-36/h3-31H,1-2H3. The molecule has 0 aliphatic heterocycles. The van der Waals surface area contributed by atoms with Crippen molar-refractivity contribution in [1.29, 1.82) is 5.26 Å². The van der Waals surface area contributed by atoms with Gasteiger partial charge in [-0.15, -0.1) is 0 Å². The molecule has 0 amide bonds. The lowest BCUT2D eigenvalue weighted by Crippen LogP contribution is -2.15. The van der Waals surface area contributed by atoms with Gasteiger partial charge in [0.05, 0.1) is 11.6 Å². The van der Waals surface area contributed by atoms with Crippen molar-refractivity contribution < 1.29 is 0 Å². The van der Waals surface area contributed by atoms with Gasteiger partial charge in [0.15, 0.2) is 0 Å². The predicted octanol–water partition coefficient (Wildman–Crippen LogP) is 14.5. The van der Waals surface area contributed by atoms with Crippen molar-refractivity contribution >= 4 is 21.5 Å². The van der Waals surface area contributed by atoms with Gasteiger partial charge in [-0.25, -0.2) is 0 Å². The van der Waals surface area contributed by atoms with Gasteiger partial charge in [-0.3, -0.25) is 0 Å². The van der Waals surface area contributed by atoms with Crippen LogP contribution in [0.1, 0.15) is 30.5 Å². The molecule has 0 spiro atoms. The highest BCUT2D eigenvalue weighted by Gasteiger charge is 2.36. The lowest BCUT2D eigenvalue weighted by Gasteiger charge is -2.23. The Morgan fingerprint density at radius 3 is 1.44 bits per heavy atom. The summed E-state index contributed by atoms with van der Waals surface area (Å²) in [6.07, 6.45) is 0. The summed E-state index contributed by atoms with van der Waals surface area (Å²) in [5.41, 5.74) is 20.9. The van der Waals surface area contributed by atoms with E-state index in [-0.39, 0.29) is 5.41 Å². The van der Waals surface area contributed by atoms with Crippen LogP contribution >= 0.6 is 0 Å². The molecular weight excluding hydrogens is 663 g/mol. The van der Waals surface area contributed by atoms with Gasteiger partial charge in [-0.2, -0.15) is 5.26 Å². The molecule has 55 heavy (non-hydrogen) atoms. The maximum absolute atomic E-state index is 9.32. The third-order valence-corrected chi connectivity index (χ3v) is 12.3. The van der Waals surface area contributed by atoms with E-state index < -0.39 is 0 Å². The number of rotatable bonds is 4. The van der Waals surface area contributed by atoms with Crippen LogP contribution in [0.15, 0.2) is 176 Å². The molecule has 11 rings (SSSR count). The Kier molecular flexibility index (Phi) is 6.73. The van der Waals surface area contributed by atoms with Gasteiger partial charge in [0.2, 0.25) is 0 Å². The van der Waals surface area contributed by atoms with Crippen LogP contribution in [0, 0.1) is 11.3 Å². The number of nitriles is 1. The van der Waals surface area contributed by atoms with Crippen molar-refractivity contribution in [3.05, 3.63) is 193 Å². The Balaban J connectivity index is 1.11. The van der Waals surface area contributed by atoms with E-state index in [4.69, 9.17) is 0 Å². The van der Waals surface area contributed by atoms with E-state index >= 15 is 0 Å². The number of hydrogen-bond acceptors (Lipinski definition) is 1. The average Bonchev–Trinajstić information content (AvgIpc) is 3.69. The van der Waals surface area contributed by atoms with E-state index in [0.717, 1.165) is 5.56 Å². The second-order valence-electron chi connectivity index (χ2n) is 15.5. The van der Waals surface area contributed by atoms with Crippen molar-refractivity contribution in [2.24, 2.45) is 0 Å². The monoisotopic (exact) mass is 697 g/mol. The lowest BCUT2D eigenvalue weighted by molar-refractivity contribution is 0.661. The number of hydrogen-bond donors (Lipinski definition) is 0. The van der Waals surface area contributed by atoms with Crippen LogP contribution in [0.3, 0.4) is 0 Å². The summed E-state index contributed by atoms with van der Waals surface area (Å²) in [5.74, 6) is 0. The molecule has 2 aliphatic carbocycles. The van der Waals surface area contributed by atoms with E-state index in [1.165, 1.54) is 105 Å². The molecule has 0 heterocycles. The third-order valence-electron chi connectivity index (χ3n) is 12.3. The number of nitrogens with zero attached hydrogens (tertiary/aromatic N) is 1. The van der Waals surface area contributed by atoms with E-state index in [0.29, 0.717) is 5.56 Å². The van der Waals surface area contributed by atoms with Crippen molar-refractivity contribution in [1.82, 2.24) is 0 Å². The molecule has 0 unspecified atom stereocenters. The Hall–Kier alpha value is -7.01. The molecular formula is C54H35N. The van der Waals surface area contributed by atoms with Crippen molar-refractivity contribution in [2.45, 2.75) is 19.3 Å². The fraction of sp³-hybridized carbons (Fsp3) is 0.0556. The minimum atomic E-state index is -0.177. The molecule has 0 saturated carbocycles. The summed E-state index contributed by atoms with van der Waals surface area (Å²) in [7, 11) is 0. The van der Waals surface area contributed by atoms with Crippen LogP contribution in [-0.2, 0) is 5.41 Å². The summed E-state index contributed by atoms with van der Waals surface area (Å²) in [4.78, 5) is 0. The molecule has 0 aromatic heterocycles. The molecule has 0 N–H and O–H groups in total. The highest BCUT2D eigenvalue weighted by Crippen LogP contribution is 2.59. The Bertz CT molecular complexity index is 3000. The van der Waals surface area contributed by atoms with Crippen LogP contribution < -0.4 is 0 Å². The summed E-state index contributed by atoms with van der Waals surface area (Å²) in [6, 6.07) is 66.6. The quantitative estimate of drug-likeness (QED) is 0.180. The smallest absolute Gasteiger partial charge is 0.0991 e. The second kappa shape index (κ2) is 11.7. The highest BCUT2D eigenvalue weighted by atomic mass is 14.4. The molecule has 1 heteroatoms. The normalized spacial score (nSPS) is 13.0. The molecule has 0 saturated heterocycles. The first kappa shape index (κ1) is 31.5. The van der Waals surface area contributed by atoms with E-state index in [1.54, 1.807) is 0 Å². The Labute approximate surface area is 321 Å². The van der Waals surface area contributed by atoms with Crippen LogP contribution in [-0.4, -0.2) is 0 Å². The molecule has 0 atom stereocenters. The summed E-state index contributed by atoms with van der Waals surface area (Å²) in [5, 5.41) is 14.5. The topological polar surface area (TPSA) is 23.8 Å².